The SMILES string of the molecule is CNC(C)c1ccc(OC)cc1OCC(=O)NC(C)C. The fourth-order valence-corrected chi connectivity index (χ4v) is 1.79. The van der Waals surface area contributed by atoms with Gasteiger partial charge in [0.2, 0.25) is 0 Å². The van der Waals surface area contributed by atoms with Crippen LogP contribution in [0.2, 0.25) is 0 Å². The van der Waals surface area contributed by atoms with Crippen LogP contribution in [0.3, 0.4) is 0 Å². The number of hydrogen-bond donors (Lipinski definition) is 2. The summed E-state index contributed by atoms with van der Waals surface area (Å²) in [4.78, 5) is 11.6. The highest BCUT2D eigenvalue weighted by Crippen LogP contribution is 2.29. The Balaban J connectivity index is 2.82. The molecule has 1 amide bonds. The normalized spacial score (nSPS) is 12.1. The Labute approximate surface area is 120 Å². The molecule has 1 atom stereocenters. The van der Waals surface area contributed by atoms with Gasteiger partial charge in [-0.15, -0.1) is 0 Å². The molecule has 0 bridgehead atoms. The number of benzene rings is 1. The van der Waals surface area contributed by atoms with Gasteiger partial charge in [0.25, 0.3) is 5.91 Å². The summed E-state index contributed by atoms with van der Waals surface area (Å²) < 4.78 is 10.8. The molecule has 1 unspecified atom stereocenters. The number of carbonyl (C=O) groups excluding carboxylic acids is 1. The predicted molar refractivity (Wildman–Crippen MR) is 79.2 cm³/mol. The molecule has 1 aromatic carbocycles. The summed E-state index contributed by atoms with van der Waals surface area (Å²) in [6.45, 7) is 5.85. The van der Waals surface area contributed by atoms with Crippen molar-refractivity contribution in [2.75, 3.05) is 20.8 Å². The van der Waals surface area contributed by atoms with Crippen molar-refractivity contribution in [2.45, 2.75) is 32.9 Å². The van der Waals surface area contributed by atoms with E-state index in [1.54, 1.807) is 13.2 Å². The number of ether oxygens (including phenoxy) is 2. The van der Waals surface area contributed by atoms with Crippen molar-refractivity contribution in [1.29, 1.82) is 0 Å². The third-order valence-electron chi connectivity index (χ3n) is 2.93. The van der Waals surface area contributed by atoms with E-state index in [2.05, 4.69) is 10.6 Å². The lowest BCUT2D eigenvalue weighted by atomic mass is 10.1. The van der Waals surface area contributed by atoms with Gasteiger partial charge in [0.05, 0.1) is 7.11 Å². The van der Waals surface area contributed by atoms with E-state index in [1.807, 2.05) is 40.0 Å². The van der Waals surface area contributed by atoms with Gasteiger partial charge in [-0.25, -0.2) is 0 Å². The van der Waals surface area contributed by atoms with Crippen molar-refractivity contribution >= 4 is 5.91 Å². The molecule has 0 heterocycles. The highest BCUT2D eigenvalue weighted by molar-refractivity contribution is 5.77. The van der Waals surface area contributed by atoms with Crippen LogP contribution in [0.4, 0.5) is 0 Å². The monoisotopic (exact) mass is 280 g/mol. The van der Waals surface area contributed by atoms with Crippen molar-refractivity contribution < 1.29 is 14.3 Å². The molecule has 0 radical (unpaired) electrons. The van der Waals surface area contributed by atoms with E-state index in [0.29, 0.717) is 11.5 Å². The van der Waals surface area contributed by atoms with Crippen LogP contribution in [0.25, 0.3) is 0 Å². The van der Waals surface area contributed by atoms with Crippen LogP contribution >= 0.6 is 0 Å². The van der Waals surface area contributed by atoms with Gasteiger partial charge >= 0.3 is 0 Å². The molecule has 2 N–H and O–H groups in total. The summed E-state index contributed by atoms with van der Waals surface area (Å²) in [6.07, 6.45) is 0. The zero-order valence-corrected chi connectivity index (χ0v) is 12.8. The van der Waals surface area contributed by atoms with Gasteiger partial charge < -0.3 is 20.1 Å². The Morgan fingerprint density at radius 2 is 2.00 bits per heavy atom. The Morgan fingerprint density at radius 3 is 2.55 bits per heavy atom. The Morgan fingerprint density at radius 1 is 1.30 bits per heavy atom. The summed E-state index contributed by atoms with van der Waals surface area (Å²) in [5.74, 6) is 1.23. The number of hydrogen-bond acceptors (Lipinski definition) is 4. The zero-order chi connectivity index (χ0) is 15.1. The summed E-state index contributed by atoms with van der Waals surface area (Å²) in [5, 5.41) is 5.95. The lowest BCUT2D eigenvalue weighted by Crippen LogP contribution is -2.34. The lowest BCUT2D eigenvalue weighted by Gasteiger charge is -2.17. The molecule has 0 aliphatic heterocycles. The quantitative estimate of drug-likeness (QED) is 0.800. The summed E-state index contributed by atoms with van der Waals surface area (Å²) in [7, 11) is 3.48. The third kappa shape index (κ3) is 4.74. The van der Waals surface area contributed by atoms with Gasteiger partial charge in [0.15, 0.2) is 6.61 Å². The molecular weight excluding hydrogens is 256 g/mol. The van der Waals surface area contributed by atoms with Crippen LogP contribution < -0.4 is 20.1 Å². The smallest absolute Gasteiger partial charge is 0.258 e. The summed E-state index contributed by atoms with van der Waals surface area (Å²) in [5.41, 5.74) is 0.991. The summed E-state index contributed by atoms with van der Waals surface area (Å²) >= 11 is 0. The van der Waals surface area contributed by atoms with Gasteiger partial charge in [-0.3, -0.25) is 4.79 Å². The Hall–Kier alpha value is -1.75. The minimum Gasteiger partial charge on any atom is -0.497 e. The topological polar surface area (TPSA) is 59.6 Å². The van der Waals surface area contributed by atoms with E-state index in [-0.39, 0.29) is 24.6 Å². The fraction of sp³-hybridized carbons (Fsp3) is 0.533. The van der Waals surface area contributed by atoms with Gasteiger partial charge in [-0.05, 0) is 33.9 Å². The van der Waals surface area contributed by atoms with Gasteiger partial charge in [0, 0.05) is 23.7 Å². The number of methoxy groups -OCH3 is 1. The molecule has 5 nitrogen and oxygen atoms in total. The molecule has 0 spiro atoms. The first-order chi connectivity index (χ1) is 9.47. The van der Waals surface area contributed by atoms with E-state index in [1.165, 1.54) is 0 Å². The number of rotatable bonds is 7. The fourth-order valence-electron chi connectivity index (χ4n) is 1.79. The second-order valence-electron chi connectivity index (χ2n) is 4.93. The van der Waals surface area contributed by atoms with Crippen LogP contribution in [0, 0.1) is 0 Å². The van der Waals surface area contributed by atoms with Crippen LogP contribution in [0.5, 0.6) is 11.5 Å². The number of nitrogens with one attached hydrogen (secondary N) is 2. The highest BCUT2D eigenvalue weighted by atomic mass is 16.5. The van der Waals surface area contributed by atoms with E-state index in [0.717, 1.165) is 5.56 Å². The molecule has 0 aliphatic rings. The average Bonchev–Trinajstić information content (AvgIpc) is 2.43. The molecule has 0 saturated carbocycles. The van der Waals surface area contributed by atoms with Crippen molar-refractivity contribution in [2.24, 2.45) is 0 Å². The number of carbonyl (C=O) groups is 1. The minimum absolute atomic E-state index is 0.00518. The maximum atomic E-state index is 11.6. The van der Waals surface area contributed by atoms with E-state index < -0.39 is 0 Å². The molecule has 1 rings (SSSR count). The van der Waals surface area contributed by atoms with Gasteiger partial charge in [-0.2, -0.15) is 0 Å². The molecule has 20 heavy (non-hydrogen) atoms. The van der Waals surface area contributed by atoms with Crippen LogP contribution in [0.15, 0.2) is 18.2 Å². The van der Waals surface area contributed by atoms with Crippen LogP contribution in [-0.2, 0) is 4.79 Å². The molecule has 0 saturated heterocycles. The first-order valence-corrected chi connectivity index (χ1v) is 6.75. The average molecular weight is 280 g/mol. The minimum atomic E-state index is -0.133. The molecule has 1 aromatic rings. The van der Waals surface area contributed by atoms with Crippen molar-refractivity contribution in [3.8, 4) is 11.5 Å². The zero-order valence-electron chi connectivity index (χ0n) is 12.8. The molecule has 0 fully saturated rings. The van der Waals surface area contributed by atoms with E-state index in [4.69, 9.17) is 9.47 Å². The van der Waals surface area contributed by atoms with Crippen molar-refractivity contribution in [3.63, 3.8) is 0 Å². The third-order valence-corrected chi connectivity index (χ3v) is 2.93. The molecule has 0 aromatic heterocycles. The van der Waals surface area contributed by atoms with Crippen LogP contribution in [0.1, 0.15) is 32.4 Å². The molecule has 112 valence electrons. The second kappa shape index (κ2) is 7.75. The molecule has 5 heteroatoms. The molecular formula is C15H24N2O3. The standard InChI is InChI=1S/C15H24N2O3/c1-10(2)17-15(18)9-20-14-8-12(19-5)6-7-13(14)11(3)16-4/h6-8,10-11,16H,9H2,1-5H3,(H,17,18). The summed E-state index contributed by atoms with van der Waals surface area (Å²) in [6, 6.07) is 5.85. The van der Waals surface area contributed by atoms with Gasteiger partial charge in [0.1, 0.15) is 11.5 Å². The molecule has 0 aliphatic carbocycles. The largest absolute Gasteiger partial charge is 0.497 e. The maximum absolute atomic E-state index is 11.6. The van der Waals surface area contributed by atoms with E-state index in [9.17, 15) is 4.79 Å². The van der Waals surface area contributed by atoms with Crippen LogP contribution in [-0.4, -0.2) is 32.7 Å². The first kappa shape index (κ1) is 16.3. The van der Waals surface area contributed by atoms with Crippen molar-refractivity contribution in [1.82, 2.24) is 10.6 Å². The Kier molecular flexibility index (Phi) is 6.31. The number of amides is 1. The van der Waals surface area contributed by atoms with E-state index >= 15 is 0 Å². The highest BCUT2D eigenvalue weighted by Gasteiger charge is 2.13. The maximum Gasteiger partial charge on any atom is 0.258 e. The lowest BCUT2D eigenvalue weighted by molar-refractivity contribution is -0.123. The van der Waals surface area contributed by atoms with Crippen molar-refractivity contribution in [3.05, 3.63) is 23.8 Å². The van der Waals surface area contributed by atoms with Gasteiger partial charge in [-0.1, -0.05) is 6.07 Å². The predicted octanol–water partition coefficient (Wildman–Crippen LogP) is 1.88. The Bertz CT molecular complexity index is 447. The second-order valence-corrected chi connectivity index (χ2v) is 4.93. The first-order valence-electron chi connectivity index (χ1n) is 6.75.